The fourth-order valence-electron chi connectivity index (χ4n) is 2.72. The number of rotatable bonds is 8. The van der Waals surface area contributed by atoms with E-state index in [2.05, 4.69) is 27.3 Å². The van der Waals surface area contributed by atoms with Crippen LogP contribution in [0, 0.1) is 11.7 Å². The van der Waals surface area contributed by atoms with E-state index in [9.17, 15) is 9.50 Å². The van der Waals surface area contributed by atoms with Crippen LogP contribution in [0.25, 0.3) is 0 Å². The molecule has 0 heterocycles. The highest BCUT2D eigenvalue weighted by atomic mass is 79.9. The van der Waals surface area contributed by atoms with Gasteiger partial charge in [-0.2, -0.15) is 0 Å². The van der Waals surface area contributed by atoms with Crippen LogP contribution in [0.15, 0.2) is 53.0 Å². The van der Waals surface area contributed by atoms with Gasteiger partial charge >= 0.3 is 0 Å². The molecule has 0 amide bonds. The molecular weight excluding hydrogens is 357 g/mol. The Morgan fingerprint density at radius 1 is 1.13 bits per heavy atom. The van der Waals surface area contributed by atoms with Crippen molar-refractivity contribution in [3.63, 3.8) is 0 Å². The summed E-state index contributed by atoms with van der Waals surface area (Å²) in [4.78, 5) is 0. The van der Waals surface area contributed by atoms with Crippen molar-refractivity contribution < 1.29 is 9.50 Å². The number of nitrogens with one attached hydrogen (secondary N) is 1. The molecule has 2 aromatic rings. The van der Waals surface area contributed by atoms with Crippen molar-refractivity contribution in [3.8, 4) is 0 Å². The molecule has 2 aromatic carbocycles. The third kappa shape index (κ3) is 5.13. The number of benzene rings is 2. The topological polar surface area (TPSA) is 32.3 Å². The molecule has 4 heteroatoms. The molecule has 2 atom stereocenters. The molecular formula is C19H23BrFNO. The Kier molecular flexibility index (Phi) is 7.21. The molecule has 0 fully saturated rings. The van der Waals surface area contributed by atoms with Crippen LogP contribution in [0.1, 0.15) is 30.5 Å². The zero-order valence-corrected chi connectivity index (χ0v) is 14.9. The fourth-order valence-corrected chi connectivity index (χ4v) is 3.16. The molecule has 0 bridgehead atoms. The highest BCUT2D eigenvalue weighted by molar-refractivity contribution is 9.10. The summed E-state index contributed by atoms with van der Waals surface area (Å²) >= 11 is 3.54. The Bertz CT molecular complexity index is 620. The summed E-state index contributed by atoms with van der Waals surface area (Å²) in [5.74, 6) is -0.0901. The van der Waals surface area contributed by atoms with Gasteiger partial charge in [-0.1, -0.05) is 59.3 Å². The van der Waals surface area contributed by atoms with E-state index >= 15 is 0 Å². The molecule has 0 aliphatic carbocycles. The van der Waals surface area contributed by atoms with Crippen molar-refractivity contribution in [1.82, 2.24) is 5.32 Å². The Morgan fingerprint density at radius 2 is 1.83 bits per heavy atom. The molecule has 2 nitrogen and oxygen atoms in total. The monoisotopic (exact) mass is 379 g/mol. The van der Waals surface area contributed by atoms with Gasteiger partial charge in [-0.15, -0.1) is 0 Å². The normalized spacial score (nSPS) is 13.7. The van der Waals surface area contributed by atoms with E-state index in [-0.39, 0.29) is 24.4 Å². The van der Waals surface area contributed by atoms with E-state index in [0.717, 1.165) is 17.3 Å². The lowest BCUT2D eigenvalue weighted by atomic mass is 9.98. The van der Waals surface area contributed by atoms with E-state index in [1.54, 1.807) is 6.07 Å². The Morgan fingerprint density at radius 3 is 2.48 bits per heavy atom. The van der Waals surface area contributed by atoms with Crippen molar-refractivity contribution in [3.05, 3.63) is 69.9 Å². The molecule has 0 radical (unpaired) electrons. The van der Waals surface area contributed by atoms with Crippen LogP contribution < -0.4 is 5.32 Å². The number of hydrogen-bond acceptors (Lipinski definition) is 2. The number of aliphatic hydroxyl groups is 1. The second kappa shape index (κ2) is 9.16. The average molecular weight is 380 g/mol. The van der Waals surface area contributed by atoms with Crippen molar-refractivity contribution in [1.29, 1.82) is 0 Å². The van der Waals surface area contributed by atoms with Gasteiger partial charge in [0.2, 0.25) is 0 Å². The quantitative estimate of drug-likeness (QED) is 0.708. The summed E-state index contributed by atoms with van der Waals surface area (Å²) in [7, 11) is 0. The number of aliphatic hydroxyl groups excluding tert-OH is 1. The summed E-state index contributed by atoms with van der Waals surface area (Å²) in [6, 6.07) is 14.9. The molecule has 0 spiro atoms. The van der Waals surface area contributed by atoms with Crippen molar-refractivity contribution >= 4 is 15.9 Å². The second-order valence-corrected chi connectivity index (χ2v) is 6.59. The maximum atomic E-state index is 13.9. The summed E-state index contributed by atoms with van der Waals surface area (Å²) in [5, 5.41) is 13.1. The second-order valence-electron chi connectivity index (χ2n) is 5.73. The van der Waals surface area contributed by atoms with Crippen LogP contribution in [0.4, 0.5) is 4.39 Å². The summed E-state index contributed by atoms with van der Waals surface area (Å²) in [5.41, 5.74) is 1.86. The van der Waals surface area contributed by atoms with E-state index in [1.807, 2.05) is 37.3 Å². The van der Waals surface area contributed by atoms with Crippen molar-refractivity contribution in [2.24, 2.45) is 5.92 Å². The van der Waals surface area contributed by atoms with E-state index in [4.69, 9.17) is 0 Å². The number of hydrogen-bond donors (Lipinski definition) is 2. The lowest BCUT2D eigenvalue weighted by Gasteiger charge is -2.22. The highest BCUT2D eigenvalue weighted by Crippen LogP contribution is 2.22. The van der Waals surface area contributed by atoms with Crippen molar-refractivity contribution in [2.45, 2.75) is 25.8 Å². The van der Waals surface area contributed by atoms with Crippen LogP contribution >= 0.6 is 15.9 Å². The molecule has 0 aliphatic heterocycles. The SMILES string of the molecule is CCC(NCC(CO)Cc1ccccc1Br)c1ccccc1F. The third-order valence-corrected chi connectivity index (χ3v) is 4.84. The van der Waals surface area contributed by atoms with Crippen LogP contribution in [-0.4, -0.2) is 18.3 Å². The van der Waals surface area contributed by atoms with Crippen LogP contribution in [0.3, 0.4) is 0 Å². The minimum atomic E-state index is -0.182. The van der Waals surface area contributed by atoms with Gasteiger partial charge in [0.25, 0.3) is 0 Å². The Hall–Kier alpha value is -1.23. The van der Waals surface area contributed by atoms with Gasteiger partial charge in [0.15, 0.2) is 0 Å². The highest BCUT2D eigenvalue weighted by Gasteiger charge is 2.16. The van der Waals surface area contributed by atoms with Gasteiger partial charge in [-0.25, -0.2) is 4.39 Å². The summed E-state index contributed by atoms with van der Waals surface area (Å²) < 4.78 is 15.0. The Labute approximate surface area is 145 Å². The first-order valence-electron chi connectivity index (χ1n) is 7.97. The molecule has 23 heavy (non-hydrogen) atoms. The largest absolute Gasteiger partial charge is 0.396 e. The lowest BCUT2D eigenvalue weighted by Crippen LogP contribution is -2.30. The fraction of sp³-hybridized carbons (Fsp3) is 0.368. The molecule has 0 aromatic heterocycles. The molecule has 2 N–H and O–H groups in total. The lowest BCUT2D eigenvalue weighted by molar-refractivity contribution is 0.217. The first kappa shape index (κ1) is 18.1. The summed E-state index contributed by atoms with van der Waals surface area (Å²) in [6.45, 7) is 2.78. The van der Waals surface area contributed by atoms with Crippen LogP contribution in [0.2, 0.25) is 0 Å². The first-order chi connectivity index (χ1) is 11.2. The summed E-state index contributed by atoms with van der Waals surface area (Å²) in [6.07, 6.45) is 1.58. The van der Waals surface area contributed by atoms with Crippen molar-refractivity contribution in [2.75, 3.05) is 13.2 Å². The Balaban J connectivity index is 1.99. The molecule has 0 aliphatic rings. The number of halogens is 2. The van der Waals surface area contributed by atoms with E-state index in [1.165, 1.54) is 11.6 Å². The predicted octanol–water partition coefficient (Wildman–Crippen LogP) is 4.48. The predicted molar refractivity (Wildman–Crippen MR) is 95.9 cm³/mol. The molecule has 124 valence electrons. The van der Waals surface area contributed by atoms with E-state index < -0.39 is 0 Å². The molecule has 2 rings (SSSR count). The smallest absolute Gasteiger partial charge is 0.127 e. The standard InChI is InChI=1S/C19H23BrFNO/c1-2-19(16-8-4-6-10-18(16)21)22-12-14(13-23)11-15-7-3-5-9-17(15)20/h3-10,14,19,22-23H,2,11-13H2,1H3. The van der Waals surface area contributed by atoms with Gasteiger partial charge in [0, 0.05) is 29.2 Å². The maximum absolute atomic E-state index is 13.9. The van der Waals surface area contributed by atoms with Crippen LogP contribution in [0.5, 0.6) is 0 Å². The van der Waals surface area contributed by atoms with Gasteiger partial charge in [0.05, 0.1) is 0 Å². The molecule has 2 unspecified atom stereocenters. The average Bonchev–Trinajstić information content (AvgIpc) is 2.57. The van der Waals surface area contributed by atoms with Gasteiger partial charge in [-0.3, -0.25) is 0 Å². The zero-order valence-electron chi connectivity index (χ0n) is 13.3. The zero-order chi connectivity index (χ0) is 16.7. The molecule has 0 saturated heterocycles. The van der Waals surface area contributed by atoms with Crippen LogP contribution in [-0.2, 0) is 6.42 Å². The van der Waals surface area contributed by atoms with Gasteiger partial charge in [0.1, 0.15) is 5.82 Å². The van der Waals surface area contributed by atoms with E-state index in [0.29, 0.717) is 12.1 Å². The minimum Gasteiger partial charge on any atom is -0.396 e. The first-order valence-corrected chi connectivity index (χ1v) is 8.77. The molecule has 0 saturated carbocycles. The van der Waals surface area contributed by atoms with Gasteiger partial charge < -0.3 is 10.4 Å². The third-order valence-electron chi connectivity index (χ3n) is 4.07. The minimum absolute atomic E-state index is 0.0375. The maximum Gasteiger partial charge on any atom is 0.127 e. The van der Waals surface area contributed by atoms with Gasteiger partial charge in [-0.05, 0) is 36.5 Å².